The number of aromatic nitrogens is 2. The lowest BCUT2D eigenvalue weighted by atomic mass is 10.1. The molecule has 0 bridgehead atoms. The van der Waals surface area contributed by atoms with Gasteiger partial charge in [0.25, 0.3) is 0 Å². The summed E-state index contributed by atoms with van der Waals surface area (Å²) in [5, 5.41) is 3.32. The van der Waals surface area contributed by atoms with Gasteiger partial charge in [-0.25, -0.2) is 4.98 Å². The lowest BCUT2D eigenvalue weighted by molar-refractivity contribution is 0.582. The standard InChI is InChI=1S/C18H13N3O/c1-2-7-14(13(6-1)17-10-5-11-22-17)20-18-12-19-15-8-3-4-9-16(15)21-18/h1-12H,(H,20,21). The van der Waals surface area contributed by atoms with Gasteiger partial charge >= 0.3 is 0 Å². The Balaban J connectivity index is 1.73. The van der Waals surface area contributed by atoms with E-state index in [9.17, 15) is 0 Å². The molecule has 106 valence electrons. The van der Waals surface area contributed by atoms with Gasteiger partial charge in [-0.3, -0.25) is 4.98 Å². The molecule has 4 rings (SSSR count). The molecular formula is C18H13N3O. The van der Waals surface area contributed by atoms with Crippen LogP contribution in [0.3, 0.4) is 0 Å². The normalized spacial score (nSPS) is 10.7. The SMILES string of the molecule is c1coc(-c2ccccc2Nc2cnc3ccccc3n2)c1. The Kier molecular flexibility index (Phi) is 3.05. The number of nitrogens with one attached hydrogen (secondary N) is 1. The molecule has 0 atom stereocenters. The molecule has 2 aromatic heterocycles. The zero-order valence-electron chi connectivity index (χ0n) is 11.7. The van der Waals surface area contributed by atoms with E-state index in [4.69, 9.17) is 4.42 Å². The molecule has 4 aromatic rings. The topological polar surface area (TPSA) is 51.0 Å². The van der Waals surface area contributed by atoms with E-state index in [1.165, 1.54) is 0 Å². The molecule has 0 amide bonds. The molecule has 22 heavy (non-hydrogen) atoms. The highest BCUT2D eigenvalue weighted by Gasteiger charge is 2.08. The molecule has 2 heterocycles. The number of hydrogen-bond acceptors (Lipinski definition) is 4. The van der Waals surface area contributed by atoms with Crippen LogP contribution in [0.1, 0.15) is 0 Å². The molecule has 1 N–H and O–H groups in total. The van der Waals surface area contributed by atoms with E-state index in [0.717, 1.165) is 28.0 Å². The summed E-state index contributed by atoms with van der Waals surface area (Å²) in [6.07, 6.45) is 3.41. The van der Waals surface area contributed by atoms with Crippen LogP contribution >= 0.6 is 0 Å². The van der Waals surface area contributed by atoms with Crippen LogP contribution in [0.15, 0.2) is 77.5 Å². The molecule has 0 aliphatic heterocycles. The smallest absolute Gasteiger partial charge is 0.149 e. The van der Waals surface area contributed by atoms with Gasteiger partial charge in [-0.2, -0.15) is 0 Å². The van der Waals surface area contributed by atoms with Crippen molar-refractivity contribution in [3.8, 4) is 11.3 Å². The van der Waals surface area contributed by atoms with Gasteiger partial charge in [0, 0.05) is 5.56 Å². The fourth-order valence-corrected chi connectivity index (χ4v) is 2.39. The largest absolute Gasteiger partial charge is 0.464 e. The Labute approximate surface area is 127 Å². The van der Waals surface area contributed by atoms with Crippen molar-refractivity contribution in [3.63, 3.8) is 0 Å². The van der Waals surface area contributed by atoms with Gasteiger partial charge in [0.1, 0.15) is 11.6 Å². The second kappa shape index (κ2) is 5.33. The zero-order valence-corrected chi connectivity index (χ0v) is 11.7. The average Bonchev–Trinajstić information content (AvgIpc) is 3.10. The Morgan fingerprint density at radius 2 is 1.64 bits per heavy atom. The molecule has 0 aliphatic carbocycles. The van der Waals surface area contributed by atoms with E-state index in [1.807, 2.05) is 60.7 Å². The maximum Gasteiger partial charge on any atom is 0.149 e. The van der Waals surface area contributed by atoms with Crippen LogP contribution in [0.5, 0.6) is 0 Å². The van der Waals surface area contributed by atoms with Crippen molar-refractivity contribution >= 4 is 22.5 Å². The predicted molar refractivity (Wildman–Crippen MR) is 87.0 cm³/mol. The van der Waals surface area contributed by atoms with Crippen molar-refractivity contribution in [2.45, 2.75) is 0 Å². The Hall–Kier alpha value is -3.14. The molecular weight excluding hydrogens is 274 g/mol. The minimum atomic E-state index is 0.706. The summed E-state index contributed by atoms with van der Waals surface area (Å²) in [6.45, 7) is 0. The van der Waals surface area contributed by atoms with Crippen LogP contribution < -0.4 is 5.32 Å². The molecule has 4 nitrogen and oxygen atoms in total. The summed E-state index contributed by atoms with van der Waals surface area (Å²) in [6, 6.07) is 19.6. The lowest BCUT2D eigenvalue weighted by Crippen LogP contribution is -1.97. The van der Waals surface area contributed by atoms with Crippen LogP contribution in [0, 0.1) is 0 Å². The number of nitrogens with zero attached hydrogens (tertiary/aromatic N) is 2. The summed E-state index contributed by atoms with van der Waals surface area (Å²) in [5.41, 5.74) is 3.67. The number of hydrogen-bond donors (Lipinski definition) is 1. The number of furan rings is 1. The van der Waals surface area contributed by atoms with E-state index in [0.29, 0.717) is 5.82 Å². The highest BCUT2D eigenvalue weighted by Crippen LogP contribution is 2.30. The van der Waals surface area contributed by atoms with Crippen LogP contribution in [0.4, 0.5) is 11.5 Å². The average molecular weight is 287 g/mol. The third-order valence-electron chi connectivity index (χ3n) is 3.42. The van der Waals surface area contributed by atoms with Gasteiger partial charge in [0.05, 0.1) is 29.2 Å². The fourth-order valence-electron chi connectivity index (χ4n) is 2.39. The molecule has 0 fully saturated rings. The van der Waals surface area contributed by atoms with E-state index in [1.54, 1.807) is 12.5 Å². The summed E-state index contributed by atoms with van der Waals surface area (Å²) in [5.74, 6) is 1.52. The van der Waals surface area contributed by atoms with Crippen LogP contribution in [0.2, 0.25) is 0 Å². The molecule has 2 aromatic carbocycles. The summed E-state index contributed by atoms with van der Waals surface area (Å²) in [7, 11) is 0. The molecule has 0 unspecified atom stereocenters. The van der Waals surface area contributed by atoms with Crippen molar-refractivity contribution in [1.82, 2.24) is 9.97 Å². The van der Waals surface area contributed by atoms with Gasteiger partial charge < -0.3 is 9.73 Å². The Morgan fingerprint density at radius 1 is 0.818 bits per heavy atom. The lowest BCUT2D eigenvalue weighted by Gasteiger charge is -2.10. The number of benzene rings is 2. The second-order valence-electron chi connectivity index (χ2n) is 4.89. The van der Waals surface area contributed by atoms with Gasteiger partial charge in [-0.15, -0.1) is 0 Å². The molecule has 0 saturated heterocycles. The van der Waals surface area contributed by atoms with Gasteiger partial charge in [0.15, 0.2) is 0 Å². The minimum Gasteiger partial charge on any atom is -0.464 e. The van der Waals surface area contributed by atoms with Crippen molar-refractivity contribution in [2.24, 2.45) is 0 Å². The monoisotopic (exact) mass is 287 g/mol. The number of anilines is 2. The number of fused-ring (bicyclic) bond motifs is 1. The predicted octanol–water partition coefficient (Wildman–Crippen LogP) is 4.63. The highest BCUT2D eigenvalue weighted by molar-refractivity contribution is 5.80. The van der Waals surface area contributed by atoms with Crippen molar-refractivity contribution in [2.75, 3.05) is 5.32 Å². The second-order valence-corrected chi connectivity index (χ2v) is 4.89. The van der Waals surface area contributed by atoms with Crippen molar-refractivity contribution in [3.05, 3.63) is 73.1 Å². The van der Waals surface area contributed by atoms with E-state index in [2.05, 4.69) is 15.3 Å². The number of rotatable bonds is 3. The summed E-state index contributed by atoms with van der Waals surface area (Å²) in [4.78, 5) is 9.01. The maximum absolute atomic E-state index is 5.49. The van der Waals surface area contributed by atoms with E-state index >= 15 is 0 Å². The molecule has 4 heteroatoms. The van der Waals surface area contributed by atoms with Crippen LogP contribution in [-0.2, 0) is 0 Å². The quantitative estimate of drug-likeness (QED) is 0.596. The minimum absolute atomic E-state index is 0.706. The first-order valence-electron chi connectivity index (χ1n) is 7.02. The first-order chi connectivity index (χ1) is 10.9. The Morgan fingerprint density at radius 3 is 2.50 bits per heavy atom. The summed E-state index contributed by atoms with van der Waals surface area (Å²) >= 11 is 0. The molecule has 0 spiro atoms. The zero-order chi connectivity index (χ0) is 14.8. The van der Waals surface area contributed by atoms with Crippen LogP contribution in [-0.4, -0.2) is 9.97 Å². The third kappa shape index (κ3) is 2.31. The van der Waals surface area contributed by atoms with Crippen molar-refractivity contribution in [1.29, 1.82) is 0 Å². The molecule has 0 aliphatic rings. The van der Waals surface area contributed by atoms with E-state index in [-0.39, 0.29) is 0 Å². The fraction of sp³-hybridized carbons (Fsp3) is 0. The van der Waals surface area contributed by atoms with Gasteiger partial charge in [-0.1, -0.05) is 24.3 Å². The first-order valence-corrected chi connectivity index (χ1v) is 7.02. The van der Waals surface area contributed by atoms with E-state index < -0.39 is 0 Å². The molecule has 0 saturated carbocycles. The first kappa shape index (κ1) is 12.6. The van der Waals surface area contributed by atoms with Gasteiger partial charge in [-0.05, 0) is 36.4 Å². The summed E-state index contributed by atoms with van der Waals surface area (Å²) < 4.78 is 5.49. The maximum atomic E-state index is 5.49. The third-order valence-corrected chi connectivity index (χ3v) is 3.42. The van der Waals surface area contributed by atoms with Crippen molar-refractivity contribution < 1.29 is 4.42 Å². The molecule has 0 radical (unpaired) electrons. The van der Waals surface area contributed by atoms with Crippen LogP contribution in [0.25, 0.3) is 22.4 Å². The van der Waals surface area contributed by atoms with Gasteiger partial charge in [0.2, 0.25) is 0 Å². The highest BCUT2D eigenvalue weighted by atomic mass is 16.3. The Bertz CT molecular complexity index is 916. The number of para-hydroxylation sites is 3.